The third kappa shape index (κ3) is 10.5. The van der Waals surface area contributed by atoms with Crippen molar-refractivity contribution in [2.45, 2.75) is 40.7 Å². The van der Waals surface area contributed by atoms with E-state index in [1.54, 1.807) is 0 Å². The number of nitrogens with two attached hydrogens (primary N) is 1. The van der Waals surface area contributed by atoms with E-state index in [1.165, 1.54) is 0 Å². The van der Waals surface area contributed by atoms with Gasteiger partial charge in [-0.2, -0.15) is 0 Å². The lowest BCUT2D eigenvalue weighted by molar-refractivity contribution is 0.221. The van der Waals surface area contributed by atoms with Gasteiger partial charge in [-0.1, -0.05) is 45.9 Å². The number of aliphatic imine (C=N–C) groups is 1. The molecule has 0 unspecified atom stereocenters. The van der Waals surface area contributed by atoms with Crippen molar-refractivity contribution in [2.75, 3.05) is 32.8 Å². The molecule has 0 atom stereocenters. The van der Waals surface area contributed by atoms with Gasteiger partial charge >= 0.3 is 0 Å². The van der Waals surface area contributed by atoms with Gasteiger partial charge in [0.05, 0.1) is 6.54 Å². The summed E-state index contributed by atoms with van der Waals surface area (Å²) in [5, 5.41) is 3.16. The first-order valence-corrected chi connectivity index (χ1v) is 9.03. The Morgan fingerprint density at radius 1 is 1.24 bits per heavy atom. The van der Waals surface area contributed by atoms with Crippen LogP contribution >= 0.6 is 24.0 Å². The Morgan fingerprint density at radius 3 is 2.56 bits per heavy atom. The molecule has 144 valence electrons. The minimum absolute atomic E-state index is 0. The standard InChI is InChI=1S/C19H34N4O.HI/c1-5-23(6-2)13-14-24-18-10-8-7-9-17(18)15-22-19(20)21-12-11-16(3)4;/h7-10,16H,5-6,11-15H2,1-4H3,(H3,20,21,22);1H. The molecule has 25 heavy (non-hydrogen) atoms. The monoisotopic (exact) mass is 462 g/mol. The number of hydrogen-bond acceptors (Lipinski definition) is 3. The maximum atomic E-state index is 5.94. The second-order valence-corrected chi connectivity index (χ2v) is 6.29. The Morgan fingerprint density at radius 2 is 1.92 bits per heavy atom. The molecule has 0 saturated heterocycles. The molecule has 6 heteroatoms. The average molecular weight is 462 g/mol. The highest BCUT2D eigenvalue weighted by molar-refractivity contribution is 14.0. The van der Waals surface area contributed by atoms with Crippen molar-refractivity contribution in [2.24, 2.45) is 16.6 Å². The van der Waals surface area contributed by atoms with Crippen LogP contribution in [0, 0.1) is 5.92 Å². The van der Waals surface area contributed by atoms with Crippen LogP contribution in [0.2, 0.25) is 0 Å². The van der Waals surface area contributed by atoms with Crippen molar-refractivity contribution < 1.29 is 4.74 Å². The van der Waals surface area contributed by atoms with Gasteiger partial charge in [-0.15, -0.1) is 24.0 Å². The third-order valence-corrected chi connectivity index (χ3v) is 3.98. The zero-order valence-electron chi connectivity index (χ0n) is 16.1. The molecule has 0 amide bonds. The van der Waals surface area contributed by atoms with E-state index in [1.807, 2.05) is 24.3 Å². The van der Waals surface area contributed by atoms with Crippen LogP contribution in [0.25, 0.3) is 0 Å². The molecular weight excluding hydrogens is 427 g/mol. The predicted molar refractivity (Wildman–Crippen MR) is 118 cm³/mol. The van der Waals surface area contributed by atoms with Gasteiger partial charge in [0.15, 0.2) is 5.96 Å². The molecule has 0 radical (unpaired) electrons. The van der Waals surface area contributed by atoms with Crippen LogP contribution in [0.15, 0.2) is 29.3 Å². The number of para-hydroxylation sites is 1. The third-order valence-electron chi connectivity index (χ3n) is 3.98. The molecule has 0 aliphatic heterocycles. The number of likely N-dealkylation sites (N-methyl/N-ethyl adjacent to an activating group) is 1. The Hall–Kier alpha value is -1.02. The Kier molecular flexibility index (Phi) is 13.6. The van der Waals surface area contributed by atoms with Crippen molar-refractivity contribution in [1.82, 2.24) is 10.2 Å². The van der Waals surface area contributed by atoms with Gasteiger partial charge < -0.3 is 20.7 Å². The van der Waals surface area contributed by atoms with Crippen LogP contribution in [0.4, 0.5) is 0 Å². The summed E-state index contributed by atoms with van der Waals surface area (Å²) in [6.45, 7) is 13.8. The quantitative estimate of drug-likeness (QED) is 0.300. The number of nitrogens with zero attached hydrogens (tertiary/aromatic N) is 2. The van der Waals surface area contributed by atoms with Crippen molar-refractivity contribution >= 4 is 29.9 Å². The van der Waals surface area contributed by atoms with E-state index >= 15 is 0 Å². The molecule has 1 rings (SSSR count). The number of halogens is 1. The highest BCUT2D eigenvalue weighted by Crippen LogP contribution is 2.18. The largest absolute Gasteiger partial charge is 0.492 e. The topological polar surface area (TPSA) is 62.9 Å². The molecule has 0 fully saturated rings. The molecule has 0 spiro atoms. The first-order chi connectivity index (χ1) is 11.6. The van der Waals surface area contributed by atoms with Gasteiger partial charge in [-0.3, -0.25) is 0 Å². The molecule has 0 saturated carbocycles. The molecule has 1 aromatic carbocycles. The first kappa shape index (κ1) is 24.0. The molecule has 0 aromatic heterocycles. The Labute approximate surface area is 170 Å². The predicted octanol–water partition coefficient (Wildman–Crippen LogP) is 3.48. The molecule has 0 aliphatic rings. The minimum Gasteiger partial charge on any atom is -0.492 e. The normalized spacial score (nSPS) is 11.5. The summed E-state index contributed by atoms with van der Waals surface area (Å²) >= 11 is 0. The van der Waals surface area contributed by atoms with E-state index in [0.29, 0.717) is 25.0 Å². The maximum Gasteiger partial charge on any atom is 0.188 e. The van der Waals surface area contributed by atoms with Crippen LogP contribution in [0.5, 0.6) is 5.75 Å². The SMILES string of the molecule is CCN(CC)CCOc1ccccc1CN=C(N)NCCC(C)C.I. The maximum absolute atomic E-state index is 5.94. The van der Waals surface area contributed by atoms with Crippen molar-refractivity contribution in [3.05, 3.63) is 29.8 Å². The molecule has 0 heterocycles. The van der Waals surface area contributed by atoms with Gasteiger partial charge in [0.2, 0.25) is 0 Å². The van der Waals surface area contributed by atoms with Crippen LogP contribution in [-0.2, 0) is 6.54 Å². The van der Waals surface area contributed by atoms with Gasteiger partial charge in [0.1, 0.15) is 12.4 Å². The fraction of sp³-hybridized carbons (Fsp3) is 0.632. The Balaban J connectivity index is 0.00000576. The van der Waals surface area contributed by atoms with Crippen LogP contribution in [0.3, 0.4) is 0 Å². The number of ether oxygens (including phenoxy) is 1. The number of rotatable bonds is 11. The zero-order valence-corrected chi connectivity index (χ0v) is 18.5. The lowest BCUT2D eigenvalue weighted by Crippen LogP contribution is -2.32. The summed E-state index contributed by atoms with van der Waals surface area (Å²) in [6, 6.07) is 8.03. The van der Waals surface area contributed by atoms with Gasteiger partial charge in [0.25, 0.3) is 0 Å². The van der Waals surface area contributed by atoms with E-state index in [4.69, 9.17) is 10.5 Å². The van der Waals surface area contributed by atoms with Crippen molar-refractivity contribution in [3.8, 4) is 5.75 Å². The summed E-state index contributed by atoms with van der Waals surface area (Å²) in [7, 11) is 0. The second kappa shape index (κ2) is 14.2. The highest BCUT2D eigenvalue weighted by Gasteiger charge is 2.04. The van der Waals surface area contributed by atoms with Crippen LogP contribution in [-0.4, -0.2) is 43.6 Å². The molecular formula is C19H35IN4O. The summed E-state index contributed by atoms with van der Waals surface area (Å²) in [4.78, 5) is 6.76. The summed E-state index contributed by atoms with van der Waals surface area (Å²) in [6.07, 6.45) is 1.08. The van der Waals surface area contributed by atoms with Gasteiger partial charge in [0, 0.05) is 18.7 Å². The van der Waals surface area contributed by atoms with Crippen LogP contribution in [0.1, 0.15) is 39.7 Å². The molecule has 5 nitrogen and oxygen atoms in total. The zero-order chi connectivity index (χ0) is 17.8. The minimum atomic E-state index is 0. The molecule has 1 aromatic rings. The smallest absolute Gasteiger partial charge is 0.188 e. The van der Waals surface area contributed by atoms with E-state index in [0.717, 1.165) is 43.9 Å². The van der Waals surface area contributed by atoms with E-state index in [9.17, 15) is 0 Å². The lowest BCUT2D eigenvalue weighted by atomic mass is 10.1. The average Bonchev–Trinajstić information content (AvgIpc) is 2.57. The highest BCUT2D eigenvalue weighted by atomic mass is 127. The van der Waals surface area contributed by atoms with Crippen molar-refractivity contribution in [1.29, 1.82) is 0 Å². The van der Waals surface area contributed by atoms with Crippen LogP contribution < -0.4 is 15.8 Å². The first-order valence-electron chi connectivity index (χ1n) is 9.03. The molecule has 3 N–H and O–H groups in total. The number of hydrogen-bond donors (Lipinski definition) is 2. The summed E-state index contributed by atoms with van der Waals surface area (Å²) < 4.78 is 5.94. The van der Waals surface area contributed by atoms with Gasteiger partial charge in [-0.05, 0) is 31.5 Å². The molecule has 0 bridgehead atoms. The molecule has 0 aliphatic carbocycles. The fourth-order valence-electron chi connectivity index (χ4n) is 2.31. The second-order valence-electron chi connectivity index (χ2n) is 6.29. The number of guanidine groups is 1. The van der Waals surface area contributed by atoms with Crippen molar-refractivity contribution in [3.63, 3.8) is 0 Å². The lowest BCUT2D eigenvalue weighted by Gasteiger charge is -2.18. The van der Waals surface area contributed by atoms with E-state index in [-0.39, 0.29) is 24.0 Å². The summed E-state index contributed by atoms with van der Waals surface area (Å²) in [5.74, 6) is 2.04. The van der Waals surface area contributed by atoms with E-state index in [2.05, 4.69) is 42.9 Å². The van der Waals surface area contributed by atoms with E-state index < -0.39 is 0 Å². The number of benzene rings is 1. The Bertz CT molecular complexity index is 490. The number of nitrogens with one attached hydrogen (secondary N) is 1. The van der Waals surface area contributed by atoms with Gasteiger partial charge in [-0.25, -0.2) is 4.99 Å². The summed E-state index contributed by atoms with van der Waals surface area (Å²) in [5.41, 5.74) is 6.99. The fourth-order valence-corrected chi connectivity index (χ4v) is 2.31.